The molecule has 5 aromatic carbocycles. The first-order chi connectivity index (χ1) is 25.0. The lowest BCUT2D eigenvalue weighted by Gasteiger charge is -2.34. The van der Waals surface area contributed by atoms with Gasteiger partial charge in [-0.15, -0.1) is 0 Å². The van der Waals surface area contributed by atoms with Crippen molar-refractivity contribution in [1.82, 2.24) is 9.55 Å². The van der Waals surface area contributed by atoms with Crippen LogP contribution < -0.4 is 14.5 Å². The number of allylic oxidation sites excluding steroid dienone is 2. The molecule has 0 bridgehead atoms. The van der Waals surface area contributed by atoms with E-state index in [4.69, 9.17) is 9.72 Å². The molecule has 0 fully saturated rings. The van der Waals surface area contributed by atoms with Crippen LogP contribution in [-0.4, -0.2) is 16.2 Å². The maximum atomic E-state index is 6.68. The van der Waals surface area contributed by atoms with Crippen LogP contribution in [0.25, 0.3) is 38.8 Å². The van der Waals surface area contributed by atoms with Gasteiger partial charge in [0.05, 0.1) is 17.7 Å². The molecule has 0 spiro atoms. The summed E-state index contributed by atoms with van der Waals surface area (Å²) < 4.78 is 8.91. The lowest BCUT2D eigenvalue weighted by atomic mass is 9.82. The minimum Gasteiger partial charge on any atom is -0.457 e. The molecule has 0 saturated heterocycles. The number of aromatic nitrogens is 2. The first kappa shape index (κ1) is 33.3. The fourth-order valence-corrected chi connectivity index (χ4v) is 7.65. The van der Waals surface area contributed by atoms with Gasteiger partial charge in [-0.3, -0.25) is 4.57 Å². The molecule has 0 unspecified atom stereocenters. The number of rotatable bonds is 6. The predicted octanol–water partition coefficient (Wildman–Crippen LogP) is 12.5. The van der Waals surface area contributed by atoms with Crippen LogP contribution in [0.2, 0.25) is 0 Å². The van der Waals surface area contributed by atoms with Gasteiger partial charge in [-0.2, -0.15) is 0 Å². The number of nitrogens with zero attached hydrogens (tertiary/aromatic N) is 4. The summed E-state index contributed by atoms with van der Waals surface area (Å²) in [5.74, 6) is 2.47. The number of para-hydroxylation sites is 1. The summed E-state index contributed by atoms with van der Waals surface area (Å²) in [5.41, 5.74) is 10.5. The van der Waals surface area contributed by atoms with Gasteiger partial charge in [0.25, 0.3) is 0 Å². The molecule has 7 aromatic rings. The molecule has 5 nitrogen and oxygen atoms in total. The monoisotopic (exact) mass is 682 g/mol. The number of aryl methyl sites for hydroxylation is 1. The summed E-state index contributed by atoms with van der Waals surface area (Å²) >= 11 is 0. The molecule has 5 heteroatoms. The summed E-state index contributed by atoms with van der Waals surface area (Å²) in [6, 6.07) is 47.2. The van der Waals surface area contributed by atoms with Crippen molar-refractivity contribution >= 4 is 33.2 Å². The normalized spacial score (nSPS) is 13.8. The van der Waals surface area contributed by atoms with E-state index in [2.05, 4.69) is 190 Å². The highest BCUT2D eigenvalue weighted by atomic mass is 16.5. The van der Waals surface area contributed by atoms with E-state index >= 15 is 0 Å². The third-order valence-corrected chi connectivity index (χ3v) is 9.89. The lowest BCUT2D eigenvalue weighted by molar-refractivity contribution is 0.444. The molecule has 0 aliphatic carbocycles. The van der Waals surface area contributed by atoms with Crippen molar-refractivity contribution in [2.75, 3.05) is 16.5 Å². The molecule has 3 heterocycles. The van der Waals surface area contributed by atoms with E-state index in [-0.39, 0.29) is 10.8 Å². The van der Waals surface area contributed by atoms with Crippen LogP contribution in [0.4, 0.5) is 11.4 Å². The Hall–Kier alpha value is -5.81. The van der Waals surface area contributed by atoms with Gasteiger partial charge in [-0.25, -0.2) is 4.98 Å². The Morgan fingerprint density at radius 2 is 1.17 bits per heavy atom. The Morgan fingerprint density at radius 3 is 1.87 bits per heavy atom. The Labute approximate surface area is 307 Å². The van der Waals surface area contributed by atoms with Crippen molar-refractivity contribution in [3.8, 4) is 28.4 Å². The van der Waals surface area contributed by atoms with Gasteiger partial charge in [-0.05, 0) is 72.1 Å². The standard InChI is InChI=1S/C47H46N4O/c1-32-20-27-43(48-30-32)51-41-19-12-11-18-39(41)40-26-25-38(29-42(40)51)52-37-17-13-16-36(28-37)50-31-49(44(46(2,3)4)45(50)47(5,6)7)35-23-21-34(22-24-35)33-14-9-8-10-15-33/h8-30H,31H2,1-7H3. The van der Waals surface area contributed by atoms with Crippen molar-refractivity contribution in [3.63, 3.8) is 0 Å². The topological polar surface area (TPSA) is 33.5 Å². The molecule has 1 aliphatic rings. The van der Waals surface area contributed by atoms with Crippen LogP contribution in [0.5, 0.6) is 11.5 Å². The third kappa shape index (κ3) is 6.11. The van der Waals surface area contributed by atoms with Crippen molar-refractivity contribution in [1.29, 1.82) is 0 Å². The van der Waals surface area contributed by atoms with Gasteiger partial charge >= 0.3 is 0 Å². The van der Waals surface area contributed by atoms with Gasteiger partial charge in [0, 0.05) is 62.7 Å². The number of hydrogen-bond donors (Lipinski definition) is 0. The Morgan fingerprint density at radius 1 is 0.538 bits per heavy atom. The van der Waals surface area contributed by atoms with Gasteiger partial charge in [0.2, 0.25) is 0 Å². The van der Waals surface area contributed by atoms with Crippen LogP contribution in [-0.2, 0) is 0 Å². The van der Waals surface area contributed by atoms with Gasteiger partial charge < -0.3 is 14.5 Å². The van der Waals surface area contributed by atoms with E-state index in [1.807, 2.05) is 12.3 Å². The minimum absolute atomic E-state index is 0.0935. The molecule has 0 N–H and O–H groups in total. The molecule has 0 amide bonds. The first-order valence-electron chi connectivity index (χ1n) is 18.2. The van der Waals surface area contributed by atoms with Crippen LogP contribution in [0, 0.1) is 17.8 Å². The van der Waals surface area contributed by atoms with E-state index in [1.165, 1.54) is 39.0 Å². The smallest absolute Gasteiger partial charge is 0.137 e. The molecule has 1 aliphatic heterocycles. The minimum atomic E-state index is -0.110. The largest absolute Gasteiger partial charge is 0.457 e. The fourth-order valence-electron chi connectivity index (χ4n) is 7.65. The van der Waals surface area contributed by atoms with Gasteiger partial charge in [0.15, 0.2) is 0 Å². The van der Waals surface area contributed by atoms with Gasteiger partial charge in [0.1, 0.15) is 17.3 Å². The number of hydrogen-bond acceptors (Lipinski definition) is 4. The molecule has 0 saturated carbocycles. The number of pyridine rings is 1. The van der Waals surface area contributed by atoms with Crippen LogP contribution >= 0.6 is 0 Å². The highest BCUT2D eigenvalue weighted by Gasteiger charge is 2.41. The number of fused-ring (bicyclic) bond motifs is 3. The van der Waals surface area contributed by atoms with Crippen molar-refractivity contribution < 1.29 is 4.74 Å². The van der Waals surface area contributed by atoms with E-state index in [9.17, 15) is 0 Å². The van der Waals surface area contributed by atoms with E-state index < -0.39 is 0 Å². The maximum Gasteiger partial charge on any atom is 0.137 e. The number of anilines is 2. The van der Waals surface area contributed by atoms with Crippen LogP contribution in [0.3, 0.4) is 0 Å². The molecule has 8 rings (SSSR count). The molecule has 0 radical (unpaired) electrons. The molecule has 52 heavy (non-hydrogen) atoms. The Bertz CT molecular complexity index is 2430. The first-order valence-corrected chi connectivity index (χ1v) is 18.2. The van der Waals surface area contributed by atoms with Gasteiger partial charge in [-0.1, -0.05) is 114 Å². The van der Waals surface area contributed by atoms with Crippen LogP contribution in [0.1, 0.15) is 47.1 Å². The average Bonchev–Trinajstić information content (AvgIpc) is 3.71. The second-order valence-corrected chi connectivity index (χ2v) is 15.9. The number of ether oxygens (including phenoxy) is 1. The Kier molecular flexibility index (Phi) is 8.18. The quantitative estimate of drug-likeness (QED) is 0.175. The van der Waals surface area contributed by atoms with Crippen molar-refractivity contribution in [2.24, 2.45) is 10.8 Å². The summed E-state index contributed by atoms with van der Waals surface area (Å²) in [4.78, 5) is 9.76. The fraction of sp³-hybridized carbons (Fsp3) is 0.213. The highest BCUT2D eigenvalue weighted by Crippen LogP contribution is 2.48. The molecule has 0 atom stereocenters. The Balaban J connectivity index is 1.16. The zero-order valence-electron chi connectivity index (χ0n) is 31.2. The van der Waals surface area contributed by atoms with E-state index in [0.29, 0.717) is 6.67 Å². The zero-order valence-corrected chi connectivity index (χ0v) is 31.2. The molecule has 260 valence electrons. The van der Waals surface area contributed by atoms with Crippen molar-refractivity contribution in [3.05, 3.63) is 157 Å². The molecular weight excluding hydrogens is 637 g/mol. The second-order valence-electron chi connectivity index (χ2n) is 15.9. The molecular formula is C47H46N4O. The summed E-state index contributed by atoms with van der Waals surface area (Å²) in [6.45, 7) is 16.7. The molecule has 2 aromatic heterocycles. The lowest BCUT2D eigenvalue weighted by Crippen LogP contribution is -2.31. The van der Waals surface area contributed by atoms with Crippen molar-refractivity contribution in [2.45, 2.75) is 48.5 Å². The maximum absolute atomic E-state index is 6.68. The van der Waals surface area contributed by atoms with Crippen LogP contribution in [0.15, 0.2) is 151 Å². The summed E-state index contributed by atoms with van der Waals surface area (Å²) in [6.07, 6.45) is 1.92. The number of benzene rings is 5. The SMILES string of the molecule is Cc1ccc(-n2c3ccccc3c3ccc(Oc4cccc(N5CN(c6ccc(-c7ccccc7)cc6)C(C(C)(C)C)=C5C(C)(C)C)c4)cc32)nc1. The third-order valence-electron chi connectivity index (χ3n) is 9.89. The van der Waals surface area contributed by atoms with E-state index in [0.717, 1.165) is 39.6 Å². The summed E-state index contributed by atoms with van der Waals surface area (Å²) in [7, 11) is 0. The highest BCUT2D eigenvalue weighted by molar-refractivity contribution is 6.09. The predicted molar refractivity (Wildman–Crippen MR) is 217 cm³/mol. The zero-order chi connectivity index (χ0) is 36.2. The summed E-state index contributed by atoms with van der Waals surface area (Å²) in [5, 5.41) is 2.36. The average molecular weight is 683 g/mol. The second kappa shape index (κ2) is 12.8. The van der Waals surface area contributed by atoms with E-state index in [1.54, 1.807) is 0 Å².